The number of aromatic nitrogens is 9. The van der Waals surface area contributed by atoms with Crippen LogP contribution in [0.4, 0.5) is 0 Å². The lowest BCUT2D eigenvalue weighted by atomic mass is 10.0. The van der Waals surface area contributed by atoms with E-state index in [-0.39, 0.29) is 0 Å². The Bertz CT molecular complexity index is 10000. The second-order valence-electron chi connectivity index (χ2n) is 38.6. The van der Waals surface area contributed by atoms with Crippen LogP contribution in [0.2, 0.25) is 0 Å². The van der Waals surface area contributed by atoms with Crippen LogP contribution in [0.3, 0.4) is 0 Å². The van der Waals surface area contributed by atoms with Gasteiger partial charge in [0, 0.05) is 101 Å². The van der Waals surface area contributed by atoms with E-state index in [0.29, 0.717) is 0 Å². The summed E-state index contributed by atoms with van der Waals surface area (Å²) in [6.07, 6.45) is 5.66. The average Bonchev–Trinajstić information content (AvgIpc) is 1.59. The van der Waals surface area contributed by atoms with Gasteiger partial charge in [0.05, 0.1) is 82.8 Å². The van der Waals surface area contributed by atoms with Gasteiger partial charge < -0.3 is 27.4 Å². The molecule has 0 unspecified atom stereocenters. The summed E-state index contributed by atoms with van der Waals surface area (Å²) in [5.74, 6) is 0. The minimum Gasteiger partial charge on any atom is -0.309 e. The SMILES string of the molecule is c1ccc(-c2ccc(-n3c4ccccc4c4ccc(-c5ccc6c7ncccc7n(-c7ccc(-c8ccccc8)cc7)c6c5)cc43)cc2)cc1.c1ccc(-c2ccc(-n3c4ccccc4c4ccc(-c5ccc6c7ncccc7n(-c7cccc(-c8ccccc8)c7)c6c5)cc43)cc2)cc1.c1ccc(-c2cccc(-n3c4ccccc4c4ccc(-c5ccc6c7ncccc7n(-c7cccc(-c8ccccc8)c7)c6c5)cc43)c2)cc1. The monoisotopic (exact) mass is 1910 g/mol. The third-order valence-corrected chi connectivity index (χ3v) is 29.9. The van der Waals surface area contributed by atoms with Crippen LogP contribution in [0.25, 0.3) is 265 Å². The predicted octanol–water partition coefficient (Wildman–Crippen LogP) is 36.8. The molecule has 702 valence electrons. The van der Waals surface area contributed by atoms with Gasteiger partial charge in [-0.3, -0.25) is 15.0 Å². The predicted molar refractivity (Wildman–Crippen MR) is 628 cm³/mol. The van der Waals surface area contributed by atoms with Crippen LogP contribution in [-0.2, 0) is 0 Å². The van der Waals surface area contributed by atoms with Crippen molar-refractivity contribution in [3.05, 3.63) is 565 Å². The molecule has 30 aromatic rings. The highest BCUT2D eigenvalue weighted by atomic mass is 15.0. The fraction of sp³-hybridized carbons (Fsp3) is 0. The highest BCUT2D eigenvalue weighted by molar-refractivity contribution is 6.16. The Morgan fingerprint density at radius 3 is 0.540 bits per heavy atom. The molecule has 0 atom stereocenters. The van der Waals surface area contributed by atoms with Crippen LogP contribution in [0.1, 0.15) is 0 Å². The summed E-state index contributed by atoms with van der Waals surface area (Å²) in [4.78, 5) is 14.5. The number of nitrogens with zero attached hydrogens (tertiary/aromatic N) is 9. The topological polar surface area (TPSA) is 68.2 Å². The van der Waals surface area contributed by atoms with Gasteiger partial charge in [-0.1, -0.05) is 364 Å². The number of para-hydroxylation sites is 3. The Labute approximate surface area is 866 Å². The molecule has 0 aliphatic rings. The largest absolute Gasteiger partial charge is 0.309 e. The Morgan fingerprint density at radius 1 is 0.100 bits per heavy atom. The standard InChI is InChI=1S/3C47H31N3/c1-3-12-32(13-4-1)34-16-9-18-38(28-34)49-43-21-8-7-20-40(43)41-25-23-36(30-45(41)49)37-24-26-42-46(31-37)50(44-22-11-27-48-47(42)44)39-19-10-17-35(29-39)33-14-5-2-6-15-33;1-3-11-32(12-4-1)34-20-24-38(25-21-34)49-43-18-8-7-17-40(43)41-26-22-36(30-45(41)49)37-23-27-42-46(31-37)50(44-19-10-28-48-47(42)44)39-16-9-15-35(29-39)33-13-5-2-6-14-33;1-3-10-32(11-4-1)34-17-23-38(24-18-34)49-43-15-8-7-14-40(43)41-27-21-36(30-45(41)49)37-22-28-42-46(31-37)50(44-16-9-29-48-47(42)44)39-25-19-35(20-26-39)33-12-5-2-6-13-33/h3*1-31H. The zero-order chi connectivity index (χ0) is 99.1. The Hall–Kier alpha value is -20.1. The molecule has 0 radical (unpaired) electrons. The molecule has 0 fully saturated rings. The number of hydrogen-bond acceptors (Lipinski definition) is 3. The van der Waals surface area contributed by atoms with Gasteiger partial charge >= 0.3 is 0 Å². The molecule has 30 rings (SSSR count). The minimum atomic E-state index is 1.01. The lowest BCUT2D eigenvalue weighted by Gasteiger charge is -2.12. The Morgan fingerprint density at radius 2 is 0.273 bits per heavy atom. The summed E-state index contributed by atoms with van der Waals surface area (Å²) < 4.78 is 14.3. The smallest absolute Gasteiger partial charge is 0.0963 e. The highest BCUT2D eigenvalue weighted by Gasteiger charge is 2.25. The lowest BCUT2D eigenvalue weighted by molar-refractivity contribution is 1.17. The molecule has 9 aromatic heterocycles. The molecule has 9 heteroatoms. The number of benzene rings is 21. The molecule has 150 heavy (non-hydrogen) atoms. The molecule has 0 N–H and O–H groups in total. The molecule has 0 spiro atoms. The zero-order valence-electron chi connectivity index (χ0n) is 81.7. The summed E-state index contributed by atoms with van der Waals surface area (Å²) >= 11 is 0. The summed E-state index contributed by atoms with van der Waals surface area (Å²) in [7, 11) is 0. The fourth-order valence-corrected chi connectivity index (χ4v) is 22.8. The number of pyridine rings is 3. The van der Waals surface area contributed by atoms with Crippen LogP contribution in [0, 0.1) is 0 Å². The maximum Gasteiger partial charge on any atom is 0.0963 e. The molecule has 0 bridgehead atoms. The van der Waals surface area contributed by atoms with Crippen molar-refractivity contribution >= 4 is 131 Å². The van der Waals surface area contributed by atoms with E-state index >= 15 is 0 Å². The maximum atomic E-state index is 4.85. The van der Waals surface area contributed by atoms with Crippen molar-refractivity contribution in [1.82, 2.24) is 42.4 Å². The first-order valence-corrected chi connectivity index (χ1v) is 51.1. The molecular weight excluding hydrogens is 1820 g/mol. The summed E-state index contributed by atoms with van der Waals surface area (Å²) in [6, 6.07) is 196. The van der Waals surface area contributed by atoms with E-state index in [1.807, 2.05) is 36.8 Å². The second kappa shape index (κ2) is 37.2. The number of fused-ring (bicyclic) bond motifs is 18. The van der Waals surface area contributed by atoms with Gasteiger partial charge in [0.1, 0.15) is 0 Å². The fourth-order valence-electron chi connectivity index (χ4n) is 22.8. The molecule has 21 aromatic carbocycles. The van der Waals surface area contributed by atoms with E-state index in [0.717, 1.165) is 105 Å². The van der Waals surface area contributed by atoms with Crippen LogP contribution < -0.4 is 0 Å². The van der Waals surface area contributed by atoms with E-state index in [9.17, 15) is 0 Å². The van der Waals surface area contributed by atoms with Gasteiger partial charge in [-0.25, -0.2) is 0 Å². The summed E-state index contributed by atoms with van der Waals surface area (Å²) in [5.41, 5.74) is 45.2. The van der Waals surface area contributed by atoms with Crippen molar-refractivity contribution in [2.24, 2.45) is 0 Å². The summed E-state index contributed by atoms with van der Waals surface area (Å²) in [6.45, 7) is 0. The van der Waals surface area contributed by atoms with Crippen LogP contribution >= 0.6 is 0 Å². The molecular formula is C141H93N9. The second-order valence-corrected chi connectivity index (χ2v) is 38.6. The van der Waals surface area contributed by atoms with Gasteiger partial charge in [0.25, 0.3) is 0 Å². The molecule has 9 nitrogen and oxygen atoms in total. The maximum absolute atomic E-state index is 4.85. The van der Waals surface area contributed by atoms with Gasteiger partial charge in [-0.2, -0.15) is 0 Å². The van der Waals surface area contributed by atoms with Crippen molar-refractivity contribution in [3.63, 3.8) is 0 Å². The van der Waals surface area contributed by atoms with Crippen LogP contribution in [0.5, 0.6) is 0 Å². The third kappa shape index (κ3) is 15.5. The first-order chi connectivity index (χ1) is 74.4. The zero-order valence-corrected chi connectivity index (χ0v) is 81.7. The van der Waals surface area contributed by atoms with Gasteiger partial charge in [-0.15, -0.1) is 0 Å². The van der Waals surface area contributed by atoms with E-state index in [1.54, 1.807) is 0 Å². The van der Waals surface area contributed by atoms with Gasteiger partial charge in [0.15, 0.2) is 0 Å². The molecule has 0 amide bonds. The van der Waals surface area contributed by atoms with E-state index in [2.05, 4.69) is 555 Å². The lowest BCUT2D eigenvalue weighted by Crippen LogP contribution is -1.95. The molecule has 9 heterocycles. The normalized spacial score (nSPS) is 11.6. The molecule has 0 saturated heterocycles. The Kier molecular flexibility index (Phi) is 21.8. The van der Waals surface area contributed by atoms with Gasteiger partial charge in [-0.05, 0) is 282 Å². The Balaban J connectivity index is 0.000000108. The average molecular weight is 1910 g/mol. The first kappa shape index (κ1) is 87.6. The third-order valence-electron chi connectivity index (χ3n) is 29.9. The quantitative estimate of drug-likeness (QED) is 0.103. The van der Waals surface area contributed by atoms with Gasteiger partial charge in [0.2, 0.25) is 0 Å². The van der Waals surface area contributed by atoms with Crippen LogP contribution in [-0.4, -0.2) is 42.4 Å². The van der Waals surface area contributed by atoms with Crippen molar-refractivity contribution in [2.45, 2.75) is 0 Å². The van der Waals surface area contributed by atoms with E-state index in [4.69, 9.17) is 15.0 Å². The van der Waals surface area contributed by atoms with E-state index in [1.165, 1.54) is 160 Å². The number of rotatable bonds is 15. The molecule has 0 aliphatic carbocycles. The van der Waals surface area contributed by atoms with Crippen molar-refractivity contribution in [3.8, 4) is 134 Å². The van der Waals surface area contributed by atoms with Crippen molar-refractivity contribution < 1.29 is 0 Å². The van der Waals surface area contributed by atoms with E-state index < -0.39 is 0 Å². The van der Waals surface area contributed by atoms with Crippen molar-refractivity contribution in [1.29, 1.82) is 0 Å². The molecule has 0 aliphatic heterocycles. The summed E-state index contributed by atoms with van der Waals surface area (Å²) in [5, 5.41) is 10.9. The number of hydrogen-bond donors (Lipinski definition) is 0. The first-order valence-electron chi connectivity index (χ1n) is 51.1. The van der Waals surface area contributed by atoms with Crippen LogP contribution in [0.15, 0.2) is 565 Å². The molecule has 0 saturated carbocycles. The van der Waals surface area contributed by atoms with Crippen molar-refractivity contribution in [2.75, 3.05) is 0 Å². The minimum absolute atomic E-state index is 1.01. The highest BCUT2D eigenvalue weighted by Crippen LogP contribution is 2.46.